The van der Waals surface area contributed by atoms with E-state index in [1.54, 1.807) is 19.1 Å². The summed E-state index contributed by atoms with van der Waals surface area (Å²) >= 11 is 3.39. The molecule has 0 spiro atoms. The zero-order valence-corrected chi connectivity index (χ0v) is 10.8. The van der Waals surface area contributed by atoms with Gasteiger partial charge >= 0.3 is 0 Å². The third kappa shape index (κ3) is 2.68. The summed E-state index contributed by atoms with van der Waals surface area (Å²) in [6.45, 7) is 1.81. The number of hydrogen-bond acceptors (Lipinski definition) is 3. The van der Waals surface area contributed by atoms with Crippen molar-refractivity contribution >= 4 is 32.8 Å². The van der Waals surface area contributed by atoms with Gasteiger partial charge < -0.3 is 14.8 Å². The van der Waals surface area contributed by atoms with Crippen LogP contribution in [0.25, 0.3) is 11.0 Å². The molecule has 0 bridgehead atoms. The number of fused-ring (bicyclic) bond motifs is 1. The number of aliphatic hydroxyl groups is 1. The van der Waals surface area contributed by atoms with Gasteiger partial charge in [0, 0.05) is 16.4 Å². The first kappa shape index (κ1) is 12.1. The van der Waals surface area contributed by atoms with Crippen LogP contribution < -0.4 is 5.32 Å². The molecule has 0 radical (unpaired) electrons. The smallest absolute Gasteiger partial charge is 0.287 e. The summed E-state index contributed by atoms with van der Waals surface area (Å²) in [4.78, 5) is 11.7. The Morgan fingerprint density at radius 2 is 2.35 bits per heavy atom. The Morgan fingerprint density at radius 3 is 3.00 bits per heavy atom. The highest BCUT2D eigenvalue weighted by Gasteiger charge is 2.13. The van der Waals surface area contributed by atoms with Gasteiger partial charge in [-0.2, -0.15) is 0 Å². The summed E-state index contributed by atoms with van der Waals surface area (Å²) in [6.07, 6.45) is -0.574. The summed E-state index contributed by atoms with van der Waals surface area (Å²) in [7, 11) is 0. The standard InChI is InChI=1S/C12H12BrNO3/c1-7(15)6-14-12(16)11-5-8-9(13)3-2-4-10(8)17-11/h2-5,7,15H,6H2,1H3,(H,14,16). The molecule has 1 aromatic heterocycles. The lowest BCUT2D eigenvalue weighted by molar-refractivity contribution is 0.0899. The van der Waals surface area contributed by atoms with Crippen molar-refractivity contribution in [3.63, 3.8) is 0 Å². The minimum absolute atomic E-state index is 0.205. The fourth-order valence-electron chi connectivity index (χ4n) is 1.46. The third-order valence-corrected chi connectivity index (χ3v) is 2.98. The Hall–Kier alpha value is -1.33. The number of benzene rings is 1. The summed E-state index contributed by atoms with van der Waals surface area (Å²) in [5.41, 5.74) is 0.654. The molecule has 2 aromatic rings. The van der Waals surface area contributed by atoms with Crippen LogP contribution in [0.1, 0.15) is 17.5 Å². The lowest BCUT2D eigenvalue weighted by atomic mass is 10.2. The molecule has 0 aliphatic rings. The molecule has 0 saturated heterocycles. The van der Waals surface area contributed by atoms with Gasteiger partial charge in [0.2, 0.25) is 0 Å². The maximum Gasteiger partial charge on any atom is 0.287 e. The van der Waals surface area contributed by atoms with Crippen LogP contribution in [-0.2, 0) is 0 Å². The summed E-state index contributed by atoms with van der Waals surface area (Å²) in [5, 5.41) is 12.5. The second-order valence-electron chi connectivity index (χ2n) is 3.82. The predicted molar refractivity (Wildman–Crippen MR) is 67.9 cm³/mol. The normalized spacial score (nSPS) is 12.6. The molecular weight excluding hydrogens is 286 g/mol. The van der Waals surface area contributed by atoms with Crippen LogP contribution in [0.15, 0.2) is 33.2 Å². The summed E-state index contributed by atoms with van der Waals surface area (Å²) in [5.74, 6) is -0.0819. The predicted octanol–water partition coefficient (Wildman–Crippen LogP) is 2.31. The Labute approximate surface area is 107 Å². The zero-order valence-electron chi connectivity index (χ0n) is 9.24. The number of nitrogens with one attached hydrogen (secondary N) is 1. The van der Waals surface area contributed by atoms with Crippen molar-refractivity contribution in [3.05, 3.63) is 34.5 Å². The van der Waals surface area contributed by atoms with E-state index in [1.165, 1.54) is 0 Å². The minimum atomic E-state index is -0.574. The van der Waals surface area contributed by atoms with E-state index >= 15 is 0 Å². The Bertz CT molecular complexity index is 548. The van der Waals surface area contributed by atoms with Gasteiger partial charge in [-0.05, 0) is 25.1 Å². The van der Waals surface area contributed by atoms with Gasteiger partial charge in [0.1, 0.15) is 5.58 Å². The van der Waals surface area contributed by atoms with Crippen LogP contribution in [0.5, 0.6) is 0 Å². The Morgan fingerprint density at radius 1 is 1.59 bits per heavy atom. The molecule has 1 amide bonds. The molecule has 0 aliphatic carbocycles. The highest BCUT2D eigenvalue weighted by Crippen LogP contribution is 2.26. The second-order valence-corrected chi connectivity index (χ2v) is 4.68. The van der Waals surface area contributed by atoms with E-state index in [0.717, 1.165) is 9.86 Å². The van der Waals surface area contributed by atoms with Crippen molar-refractivity contribution in [2.24, 2.45) is 0 Å². The van der Waals surface area contributed by atoms with E-state index in [2.05, 4.69) is 21.2 Å². The van der Waals surface area contributed by atoms with Crippen LogP contribution in [0, 0.1) is 0 Å². The van der Waals surface area contributed by atoms with E-state index in [-0.39, 0.29) is 18.2 Å². The number of carbonyl (C=O) groups is 1. The topological polar surface area (TPSA) is 62.5 Å². The first-order valence-corrected chi connectivity index (χ1v) is 6.01. The maximum absolute atomic E-state index is 11.7. The third-order valence-electron chi connectivity index (χ3n) is 2.29. The van der Waals surface area contributed by atoms with Gasteiger partial charge in [0.05, 0.1) is 6.10 Å². The first-order valence-electron chi connectivity index (χ1n) is 5.22. The van der Waals surface area contributed by atoms with Gasteiger partial charge in [-0.3, -0.25) is 4.79 Å². The van der Waals surface area contributed by atoms with Gasteiger partial charge in [0.25, 0.3) is 5.91 Å². The molecule has 90 valence electrons. The molecule has 5 heteroatoms. The van der Waals surface area contributed by atoms with Crippen molar-refractivity contribution in [1.29, 1.82) is 0 Å². The highest BCUT2D eigenvalue weighted by atomic mass is 79.9. The molecule has 1 unspecified atom stereocenters. The zero-order chi connectivity index (χ0) is 12.4. The van der Waals surface area contributed by atoms with E-state index < -0.39 is 6.10 Å². The van der Waals surface area contributed by atoms with Crippen molar-refractivity contribution in [2.75, 3.05) is 6.54 Å². The molecule has 0 aliphatic heterocycles. The number of halogens is 1. The molecular formula is C12H12BrNO3. The van der Waals surface area contributed by atoms with Crippen molar-refractivity contribution in [1.82, 2.24) is 5.32 Å². The fraction of sp³-hybridized carbons (Fsp3) is 0.250. The van der Waals surface area contributed by atoms with Gasteiger partial charge in [-0.25, -0.2) is 0 Å². The molecule has 0 fully saturated rings. The Kier molecular flexibility index (Phi) is 3.49. The highest BCUT2D eigenvalue weighted by molar-refractivity contribution is 9.10. The van der Waals surface area contributed by atoms with Gasteiger partial charge in [0.15, 0.2) is 5.76 Å². The van der Waals surface area contributed by atoms with Crippen LogP contribution in [0.2, 0.25) is 0 Å². The molecule has 0 saturated carbocycles. The average Bonchev–Trinajstić information content (AvgIpc) is 2.71. The van der Waals surface area contributed by atoms with Gasteiger partial charge in [-0.1, -0.05) is 22.0 Å². The van der Waals surface area contributed by atoms with E-state index in [4.69, 9.17) is 9.52 Å². The number of hydrogen-bond donors (Lipinski definition) is 2. The first-order chi connectivity index (χ1) is 8.08. The lowest BCUT2D eigenvalue weighted by Crippen LogP contribution is -2.30. The van der Waals surface area contributed by atoms with Crippen LogP contribution in [0.4, 0.5) is 0 Å². The van der Waals surface area contributed by atoms with E-state index in [9.17, 15) is 4.79 Å². The molecule has 1 heterocycles. The molecule has 1 atom stereocenters. The minimum Gasteiger partial charge on any atom is -0.451 e. The van der Waals surface area contributed by atoms with Gasteiger partial charge in [-0.15, -0.1) is 0 Å². The quantitative estimate of drug-likeness (QED) is 0.914. The Balaban J connectivity index is 2.24. The lowest BCUT2D eigenvalue weighted by Gasteiger charge is -2.04. The van der Waals surface area contributed by atoms with Crippen LogP contribution in [0.3, 0.4) is 0 Å². The largest absolute Gasteiger partial charge is 0.451 e. The van der Waals surface area contributed by atoms with Crippen molar-refractivity contribution in [2.45, 2.75) is 13.0 Å². The van der Waals surface area contributed by atoms with Crippen LogP contribution >= 0.6 is 15.9 Å². The van der Waals surface area contributed by atoms with E-state index in [1.807, 2.05) is 12.1 Å². The average molecular weight is 298 g/mol. The summed E-state index contributed by atoms with van der Waals surface area (Å²) < 4.78 is 6.30. The van der Waals surface area contributed by atoms with Crippen molar-refractivity contribution in [3.8, 4) is 0 Å². The monoisotopic (exact) mass is 297 g/mol. The van der Waals surface area contributed by atoms with Crippen LogP contribution in [-0.4, -0.2) is 23.7 Å². The fourth-order valence-corrected chi connectivity index (χ4v) is 1.93. The number of aliphatic hydroxyl groups excluding tert-OH is 1. The number of furan rings is 1. The molecule has 4 nitrogen and oxygen atoms in total. The number of rotatable bonds is 3. The van der Waals surface area contributed by atoms with E-state index in [0.29, 0.717) is 5.58 Å². The van der Waals surface area contributed by atoms with Crippen molar-refractivity contribution < 1.29 is 14.3 Å². The SMILES string of the molecule is CC(O)CNC(=O)c1cc2c(Br)cccc2o1. The second kappa shape index (κ2) is 4.89. The number of carbonyl (C=O) groups excluding carboxylic acids is 1. The molecule has 2 N–H and O–H groups in total. The maximum atomic E-state index is 11.7. The molecule has 2 rings (SSSR count). The molecule has 17 heavy (non-hydrogen) atoms. The molecule has 1 aromatic carbocycles. The summed E-state index contributed by atoms with van der Waals surface area (Å²) in [6, 6.07) is 7.20. The number of amides is 1.